The van der Waals surface area contributed by atoms with Gasteiger partial charge in [-0.3, -0.25) is 4.79 Å². The Morgan fingerprint density at radius 2 is 2.00 bits per heavy atom. The van der Waals surface area contributed by atoms with Crippen molar-refractivity contribution in [2.24, 2.45) is 0 Å². The Bertz CT molecular complexity index is 855. The molecule has 134 valence electrons. The second-order valence-electron chi connectivity index (χ2n) is 5.24. The summed E-state index contributed by atoms with van der Waals surface area (Å²) in [6, 6.07) is 5.81. The highest BCUT2D eigenvalue weighted by atomic mass is 32.2. The van der Waals surface area contributed by atoms with E-state index in [-0.39, 0.29) is 40.6 Å². The highest BCUT2D eigenvalue weighted by molar-refractivity contribution is 7.92. The number of nitrogen functional groups attached to an aromatic ring is 1. The SMILES string of the molecule is CCCS(=N)(=O)c1nc(N)c(NC=O)c(NCc2ccc(F)cc2)n1. The molecule has 1 heterocycles. The molecule has 1 unspecified atom stereocenters. The molecule has 2 aromatic rings. The summed E-state index contributed by atoms with van der Waals surface area (Å²) in [5.74, 6) is -0.191. The third kappa shape index (κ3) is 4.63. The first-order valence-electron chi connectivity index (χ1n) is 7.50. The molecule has 0 saturated carbocycles. The zero-order valence-electron chi connectivity index (χ0n) is 13.6. The average molecular weight is 366 g/mol. The first kappa shape index (κ1) is 18.6. The zero-order chi connectivity index (χ0) is 18.4. The van der Waals surface area contributed by atoms with Gasteiger partial charge in [-0.25, -0.2) is 23.3 Å². The maximum atomic E-state index is 13.0. The largest absolute Gasteiger partial charge is 0.382 e. The van der Waals surface area contributed by atoms with Gasteiger partial charge in [0.25, 0.3) is 0 Å². The number of anilines is 3. The van der Waals surface area contributed by atoms with Crippen LogP contribution in [-0.2, 0) is 21.1 Å². The summed E-state index contributed by atoms with van der Waals surface area (Å²) in [6.45, 7) is 2.06. The molecular formula is C15H19FN6O2S. The van der Waals surface area contributed by atoms with Crippen LogP contribution in [-0.4, -0.2) is 26.3 Å². The van der Waals surface area contributed by atoms with Crippen molar-refractivity contribution < 1.29 is 13.4 Å². The maximum absolute atomic E-state index is 13.0. The first-order valence-corrected chi connectivity index (χ1v) is 9.22. The molecule has 0 aliphatic rings. The van der Waals surface area contributed by atoms with Crippen LogP contribution in [0.5, 0.6) is 0 Å². The molecule has 1 atom stereocenters. The maximum Gasteiger partial charge on any atom is 0.231 e. The Morgan fingerprint density at radius 1 is 1.32 bits per heavy atom. The molecule has 2 rings (SSSR count). The molecule has 25 heavy (non-hydrogen) atoms. The van der Waals surface area contributed by atoms with Crippen molar-refractivity contribution >= 4 is 33.5 Å². The van der Waals surface area contributed by atoms with Crippen molar-refractivity contribution in [3.05, 3.63) is 35.6 Å². The van der Waals surface area contributed by atoms with Crippen molar-refractivity contribution in [3.8, 4) is 0 Å². The van der Waals surface area contributed by atoms with Crippen molar-refractivity contribution in [2.75, 3.05) is 22.1 Å². The number of carbonyl (C=O) groups is 1. The summed E-state index contributed by atoms with van der Waals surface area (Å²) >= 11 is 0. The van der Waals surface area contributed by atoms with Crippen LogP contribution in [0.4, 0.5) is 21.7 Å². The van der Waals surface area contributed by atoms with E-state index >= 15 is 0 Å². The highest BCUT2D eigenvalue weighted by Gasteiger charge is 2.19. The molecule has 0 aliphatic heterocycles. The van der Waals surface area contributed by atoms with Gasteiger partial charge in [0, 0.05) is 12.3 Å². The van der Waals surface area contributed by atoms with Gasteiger partial charge in [-0.2, -0.15) is 0 Å². The van der Waals surface area contributed by atoms with E-state index in [0.717, 1.165) is 5.56 Å². The molecule has 0 aliphatic carbocycles. The minimum absolute atomic E-state index is 0.0882. The van der Waals surface area contributed by atoms with Crippen LogP contribution in [0, 0.1) is 10.6 Å². The molecule has 0 radical (unpaired) electrons. The third-order valence-electron chi connectivity index (χ3n) is 3.28. The number of benzene rings is 1. The predicted octanol–water partition coefficient (Wildman–Crippen LogP) is 2.19. The fourth-order valence-corrected chi connectivity index (χ4v) is 3.34. The minimum Gasteiger partial charge on any atom is -0.382 e. The normalized spacial score (nSPS) is 13.0. The van der Waals surface area contributed by atoms with Crippen molar-refractivity contribution in [2.45, 2.75) is 25.0 Å². The van der Waals surface area contributed by atoms with E-state index in [9.17, 15) is 13.4 Å². The number of carbonyl (C=O) groups excluding carboxylic acids is 1. The second-order valence-corrected chi connectivity index (χ2v) is 7.36. The van der Waals surface area contributed by atoms with Gasteiger partial charge in [0.1, 0.15) is 21.2 Å². The zero-order valence-corrected chi connectivity index (χ0v) is 14.4. The quantitative estimate of drug-likeness (QED) is 0.418. The lowest BCUT2D eigenvalue weighted by Gasteiger charge is -2.14. The Labute approximate surface area is 145 Å². The molecule has 0 bridgehead atoms. The first-order chi connectivity index (χ1) is 11.9. The van der Waals surface area contributed by atoms with Gasteiger partial charge >= 0.3 is 0 Å². The van der Waals surface area contributed by atoms with E-state index in [4.69, 9.17) is 10.5 Å². The Morgan fingerprint density at radius 3 is 2.60 bits per heavy atom. The standard InChI is InChI=1S/C15H19FN6O2S/c1-2-7-25(18,24)15-21-13(17)12(20-9-23)14(22-15)19-8-10-3-5-11(16)6-4-10/h3-6,9,18H,2,7-8H2,1H3,(H,20,23)(H3,17,19,21,22). The fourth-order valence-electron chi connectivity index (χ4n) is 2.10. The third-order valence-corrected chi connectivity index (χ3v) is 5.04. The lowest BCUT2D eigenvalue weighted by Crippen LogP contribution is -2.15. The summed E-state index contributed by atoms with van der Waals surface area (Å²) in [5, 5.41) is 5.15. The summed E-state index contributed by atoms with van der Waals surface area (Å²) in [5.41, 5.74) is 6.71. The lowest BCUT2D eigenvalue weighted by atomic mass is 10.2. The van der Waals surface area contributed by atoms with E-state index < -0.39 is 9.73 Å². The Hall–Kier alpha value is -2.75. The molecule has 0 saturated heterocycles. The highest BCUT2D eigenvalue weighted by Crippen LogP contribution is 2.27. The monoisotopic (exact) mass is 366 g/mol. The molecule has 0 fully saturated rings. The molecule has 10 heteroatoms. The van der Waals surface area contributed by atoms with E-state index in [1.54, 1.807) is 19.1 Å². The van der Waals surface area contributed by atoms with Crippen molar-refractivity contribution in [1.29, 1.82) is 4.78 Å². The van der Waals surface area contributed by atoms with E-state index in [1.165, 1.54) is 12.1 Å². The van der Waals surface area contributed by atoms with Gasteiger partial charge in [0.15, 0.2) is 11.6 Å². The number of hydrogen-bond donors (Lipinski definition) is 4. The number of hydrogen-bond acceptors (Lipinski definition) is 7. The van der Waals surface area contributed by atoms with Crippen LogP contribution >= 0.6 is 0 Å². The number of rotatable bonds is 8. The summed E-state index contributed by atoms with van der Waals surface area (Å²) in [4.78, 5) is 18.8. The van der Waals surface area contributed by atoms with Gasteiger partial charge in [-0.05, 0) is 24.1 Å². The second kappa shape index (κ2) is 7.88. The summed E-state index contributed by atoms with van der Waals surface area (Å²) in [7, 11) is -3.18. The predicted molar refractivity (Wildman–Crippen MR) is 94.1 cm³/mol. The van der Waals surface area contributed by atoms with Crippen LogP contribution < -0.4 is 16.4 Å². The van der Waals surface area contributed by atoms with Gasteiger partial charge in [0.05, 0.1) is 0 Å². The van der Waals surface area contributed by atoms with Gasteiger partial charge in [0.2, 0.25) is 11.6 Å². The van der Waals surface area contributed by atoms with Crippen LogP contribution in [0.25, 0.3) is 0 Å². The van der Waals surface area contributed by atoms with Crippen molar-refractivity contribution in [3.63, 3.8) is 0 Å². The number of amides is 1. The van der Waals surface area contributed by atoms with Crippen molar-refractivity contribution in [1.82, 2.24) is 9.97 Å². The summed E-state index contributed by atoms with van der Waals surface area (Å²) in [6.07, 6.45) is 0.945. The molecular weight excluding hydrogens is 347 g/mol. The lowest BCUT2D eigenvalue weighted by molar-refractivity contribution is -0.105. The summed E-state index contributed by atoms with van der Waals surface area (Å²) < 4.78 is 33.3. The molecule has 1 aromatic heterocycles. The molecule has 8 nitrogen and oxygen atoms in total. The number of aromatic nitrogens is 2. The number of nitrogens with one attached hydrogen (secondary N) is 3. The van der Waals surface area contributed by atoms with Gasteiger partial charge < -0.3 is 16.4 Å². The Kier molecular flexibility index (Phi) is 5.86. The minimum atomic E-state index is -3.18. The molecule has 1 amide bonds. The topological polar surface area (TPSA) is 134 Å². The number of halogens is 1. The molecule has 1 aromatic carbocycles. The van der Waals surface area contributed by atoms with Gasteiger partial charge in [-0.1, -0.05) is 19.1 Å². The van der Waals surface area contributed by atoms with E-state index in [2.05, 4.69) is 20.6 Å². The molecule has 5 N–H and O–H groups in total. The van der Waals surface area contributed by atoms with Gasteiger partial charge in [-0.15, -0.1) is 0 Å². The Balaban J connectivity index is 2.37. The fraction of sp³-hybridized carbons (Fsp3) is 0.267. The van der Waals surface area contributed by atoms with Crippen LogP contribution in [0.2, 0.25) is 0 Å². The van der Waals surface area contributed by atoms with Crippen LogP contribution in [0.3, 0.4) is 0 Å². The van der Waals surface area contributed by atoms with Crippen LogP contribution in [0.1, 0.15) is 18.9 Å². The smallest absolute Gasteiger partial charge is 0.231 e. The molecule has 0 spiro atoms. The van der Waals surface area contributed by atoms with E-state index in [0.29, 0.717) is 12.8 Å². The number of nitrogens with two attached hydrogens (primary N) is 1. The van der Waals surface area contributed by atoms with Crippen LogP contribution in [0.15, 0.2) is 29.4 Å². The van der Waals surface area contributed by atoms with E-state index in [1.807, 2.05) is 0 Å². The number of nitrogens with zero attached hydrogens (tertiary/aromatic N) is 2. The average Bonchev–Trinajstić information content (AvgIpc) is 2.56.